The van der Waals surface area contributed by atoms with Gasteiger partial charge in [-0.3, -0.25) is 9.69 Å². The van der Waals surface area contributed by atoms with Crippen molar-refractivity contribution in [2.45, 2.75) is 38.9 Å². The first-order valence-corrected chi connectivity index (χ1v) is 7.73. The quantitative estimate of drug-likeness (QED) is 0.572. The number of morpholine rings is 1. The maximum absolute atomic E-state index is 10.6. The van der Waals surface area contributed by atoms with Crippen molar-refractivity contribution in [3.05, 3.63) is 29.8 Å². The summed E-state index contributed by atoms with van der Waals surface area (Å²) < 4.78 is 11.4. The highest BCUT2D eigenvalue weighted by Gasteiger charge is 2.21. The van der Waals surface area contributed by atoms with E-state index in [1.807, 2.05) is 12.1 Å². The molecule has 1 aromatic rings. The van der Waals surface area contributed by atoms with Crippen LogP contribution in [0.15, 0.2) is 24.3 Å². The summed E-state index contributed by atoms with van der Waals surface area (Å²) in [7, 11) is 0. The highest BCUT2D eigenvalue weighted by Crippen LogP contribution is 2.13. The van der Waals surface area contributed by atoms with Crippen molar-refractivity contribution in [2.24, 2.45) is 0 Å². The molecular weight excluding hydrogens is 266 g/mol. The Labute approximate surface area is 127 Å². The fourth-order valence-corrected chi connectivity index (χ4v) is 2.74. The van der Waals surface area contributed by atoms with Crippen LogP contribution < -0.4 is 4.74 Å². The Balaban J connectivity index is 1.60. The summed E-state index contributed by atoms with van der Waals surface area (Å²) in [5.74, 6) is 0.828. The summed E-state index contributed by atoms with van der Waals surface area (Å²) in [5, 5.41) is 0. The third kappa shape index (κ3) is 5.48. The van der Waals surface area contributed by atoms with Crippen LogP contribution in [0.25, 0.3) is 0 Å². The number of hydrogen-bond donors (Lipinski definition) is 0. The Kier molecular flexibility index (Phi) is 6.21. The predicted molar refractivity (Wildman–Crippen MR) is 83.0 cm³/mol. The van der Waals surface area contributed by atoms with Gasteiger partial charge in [0, 0.05) is 18.7 Å². The van der Waals surface area contributed by atoms with Crippen molar-refractivity contribution in [1.82, 2.24) is 4.90 Å². The number of nitrogens with zero attached hydrogens (tertiary/aromatic N) is 1. The monoisotopic (exact) mass is 291 g/mol. The topological polar surface area (TPSA) is 38.8 Å². The number of carbonyl (C=O) groups excluding carboxylic acids is 1. The Hall–Kier alpha value is -1.39. The minimum absolute atomic E-state index is 0.335. The van der Waals surface area contributed by atoms with Gasteiger partial charge in [0.15, 0.2) is 0 Å². The summed E-state index contributed by atoms with van der Waals surface area (Å²) in [4.78, 5) is 13.0. The van der Waals surface area contributed by atoms with Crippen molar-refractivity contribution < 1.29 is 14.3 Å². The SMILES string of the molecule is C[C@@H]1CN(CCCCOc2ccc(C=O)cc2)C[C@H](C)O1. The lowest BCUT2D eigenvalue weighted by atomic mass is 10.2. The van der Waals surface area contributed by atoms with Crippen LogP contribution >= 0.6 is 0 Å². The number of hydrogen-bond acceptors (Lipinski definition) is 4. The van der Waals surface area contributed by atoms with Crippen LogP contribution in [0.5, 0.6) is 5.75 Å². The number of benzene rings is 1. The van der Waals surface area contributed by atoms with Gasteiger partial charge in [0.1, 0.15) is 12.0 Å². The van der Waals surface area contributed by atoms with E-state index in [4.69, 9.17) is 9.47 Å². The van der Waals surface area contributed by atoms with Gasteiger partial charge in [0.05, 0.1) is 18.8 Å². The molecule has 2 atom stereocenters. The summed E-state index contributed by atoms with van der Waals surface area (Å²) in [6.45, 7) is 8.14. The predicted octanol–water partition coefficient (Wildman–Crippen LogP) is 2.77. The van der Waals surface area contributed by atoms with Gasteiger partial charge in [-0.15, -0.1) is 0 Å². The molecule has 0 spiro atoms. The summed E-state index contributed by atoms with van der Waals surface area (Å²) in [5.41, 5.74) is 0.679. The van der Waals surface area contributed by atoms with Crippen LogP contribution in [0, 0.1) is 0 Å². The van der Waals surface area contributed by atoms with Gasteiger partial charge >= 0.3 is 0 Å². The van der Waals surface area contributed by atoms with Crippen LogP contribution in [0.2, 0.25) is 0 Å². The second-order valence-corrected chi connectivity index (χ2v) is 5.76. The van der Waals surface area contributed by atoms with Gasteiger partial charge in [-0.2, -0.15) is 0 Å². The zero-order valence-corrected chi connectivity index (χ0v) is 13.0. The summed E-state index contributed by atoms with van der Waals surface area (Å²) in [6.07, 6.45) is 3.68. The zero-order chi connectivity index (χ0) is 15.1. The molecule has 4 heteroatoms. The fourth-order valence-electron chi connectivity index (χ4n) is 2.74. The first-order valence-electron chi connectivity index (χ1n) is 7.73. The maximum Gasteiger partial charge on any atom is 0.150 e. The second-order valence-electron chi connectivity index (χ2n) is 5.76. The molecule has 0 aliphatic carbocycles. The normalized spacial score (nSPS) is 23.0. The molecule has 21 heavy (non-hydrogen) atoms. The molecule has 0 saturated carbocycles. The second kappa shape index (κ2) is 8.15. The van der Waals surface area contributed by atoms with Gasteiger partial charge in [-0.1, -0.05) is 0 Å². The molecule has 1 aromatic carbocycles. The lowest BCUT2D eigenvalue weighted by Crippen LogP contribution is -2.45. The highest BCUT2D eigenvalue weighted by molar-refractivity contribution is 5.74. The lowest BCUT2D eigenvalue weighted by molar-refractivity contribution is -0.0682. The van der Waals surface area contributed by atoms with Crippen molar-refractivity contribution in [3.63, 3.8) is 0 Å². The lowest BCUT2D eigenvalue weighted by Gasteiger charge is -2.35. The van der Waals surface area contributed by atoms with E-state index in [0.717, 1.165) is 51.1 Å². The summed E-state index contributed by atoms with van der Waals surface area (Å²) in [6, 6.07) is 7.24. The van der Waals surface area contributed by atoms with Crippen LogP contribution in [0.4, 0.5) is 0 Å². The van der Waals surface area contributed by atoms with Gasteiger partial charge in [-0.05, 0) is 57.5 Å². The minimum atomic E-state index is 0.335. The molecular formula is C17H25NO3. The van der Waals surface area contributed by atoms with Gasteiger partial charge in [-0.25, -0.2) is 0 Å². The van der Waals surface area contributed by atoms with E-state index in [1.54, 1.807) is 12.1 Å². The third-order valence-corrected chi connectivity index (χ3v) is 3.65. The van der Waals surface area contributed by atoms with Crippen LogP contribution in [0.3, 0.4) is 0 Å². The van der Waals surface area contributed by atoms with Gasteiger partial charge in [0.25, 0.3) is 0 Å². The Morgan fingerprint density at radius 2 is 1.86 bits per heavy atom. The van der Waals surface area contributed by atoms with Crippen LogP contribution in [0.1, 0.15) is 37.0 Å². The molecule has 1 heterocycles. The first kappa shape index (κ1) is 16.0. The minimum Gasteiger partial charge on any atom is -0.494 e. The van der Waals surface area contributed by atoms with E-state index in [9.17, 15) is 4.79 Å². The molecule has 1 fully saturated rings. The van der Waals surface area contributed by atoms with E-state index in [0.29, 0.717) is 17.8 Å². The average molecular weight is 291 g/mol. The van der Waals surface area contributed by atoms with Gasteiger partial charge < -0.3 is 9.47 Å². The number of carbonyl (C=O) groups is 1. The maximum atomic E-state index is 10.6. The Morgan fingerprint density at radius 1 is 1.19 bits per heavy atom. The number of ether oxygens (including phenoxy) is 2. The van der Waals surface area contributed by atoms with E-state index < -0.39 is 0 Å². The first-order chi connectivity index (χ1) is 10.2. The van der Waals surface area contributed by atoms with Crippen molar-refractivity contribution in [2.75, 3.05) is 26.2 Å². The molecule has 1 aliphatic heterocycles. The fraction of sp³-hybridized carbons (Fsp3) is 0.588. The molecule has 4 nitrogen and oxygen atoms in total. The molecule has 0 N–H and O–H groups in total. The Bertz CT molecular complexity index is 422. The zero-order valence-electron chi connectivity index (χ0n) is 13.0. The third-order valence-electron chi connectivity index (χ3n) is 3.65. The van der Waals surface area contributed by atoms with Crippen LogP contribution in [-0.2, 0) is 4.74 Å². The smallest absolute Gasteiger partial charge is 0.150 e. The highest BCUT2D eigenvalue weighted by atomic mass is 16.5. The van der Waals surface area contributed by atoms with Crippen molar-refractivity contribution >= 4 is 6.29 Å². The van der Waals surface area contributed by atoms with Crippen molar-refractivity contribution in [3.8, 4) is 5.75 Å². The molecule has 0 radical (unpaired) electrons. The molecule has 2 rings (SSSR count). The van der Waals surface area contributed by atoms with Gasteiger partial charge in [0.2, 0.25) is 0 Å². The number of rotatable bonds is 7. The van der Waals surface area contributed by atoms with Crippen LogP contribution in [-0.4, -0.2) is 49.6 Å². The standard InChI is InChI=1S/C17H25NO3/c1-14-11-18(12-15(2)21-14)9-3-4-10-20-17-7-5-16(13-19)6-8-17/h5-8,13-15H,3-4,9-12H2,1-2H3/t14-,15+. The molecule has 1 saturated heterocycles. The molecule has 0 aromatic heterocycles. The molecule has 1 aliphatic rings. The molecule has 0 amide bonds. The molecule has 0 bridgehead atoms. The van der Waals surface area contributed by atoms with E-state index >= 15 is 0 Å². The largest absolute Gasteiger partial charge is 0.494 e. The molecule has 116 valence electrons. The van der Waals surface area contributed by atoms with E-state index in [2.05, 4.69) is 18.7 Å². The number of aldehydes is 1. The van der Waals surface area contributed by atoms with Crippen molar-refractivity contribution in [1.29, 1.82) is 0 Å². The molecule has 0 unspecified atom stereocenters. The van der Waals surface area contributed by atoms with E-state index in [-0.39, 0.29) is 0 Å². The van der Waals surface area contributed by atoms with E-state index in [1.165, 1.54) is 0 Å². The Morgan fingerprint density at radius 3 is 2.48 bits per heavy atom. The summed E-state index contributed by atoms with van der Waals surface area (Å²) >= 11 is 0. The number of unbranched alkanes of at least 4 members (excludes halogenated alkanes) is 1. The average Bonchev–Trinajstić information content (AvgIpc) is 2.46.